The average molecular weight is 178 g/mol. The van der Waals surface area contributed by atoms with Crippen molar-refractivity contribution >= 4 is 6.47 Å². The van der Waals surface area contributed by atoms with Gasteiger partial charge in [0.1, 0.15) is 5.75 Å². The van der Waals surface area contributed by atoms with Crippen molar-refractivity contribution in [2.45, 2.75) is 26.2 Å². The second-order valence-electron chi connectivity index (χ2n) is 3.99. The van der Waals surface area contributed by atoms with Crippen LogP contribution < -0.4 is 4.74 Å². The standard InChI is InChI=1S/C11H14O2/c1-11(2,3)9-5-4-6-10(7-9)13-8-12/h4-8H,1-3H3. The summed E-state index contributed by atoms with van der Waals surface area (Å²) >= 11 is 0. The Bertz CT molecular complexity index is 297. The van der Waals surface area contributed by atoms with Crippen LogP contribution in [0.5, 0.6) is 5.75 Å². The summed E-state index contributed by atoms with van der Waals surface area (Å²) in [6, 6.07) is 7.56. The molecule has 0 aliphatic rings. The Balaban J connectivity index is 2.98. The minimum absolute atomic E-state index is 0.0856. The van der Waals surface area contributed by atoms with Crippen LogP contribution in [-0.2, 0) is 10.2 Å². The third-order valence-corrected chi connectivity index (χ3v) is 1.88. The monoisotopic (exact) mass is 178 g/mol. The fraction of sp³-hybridized carbons (Fsp3) is 0.364. The van der Waals surface area contributed by atoms with Crippen LogP contribution in [-0.4, -0.2) is 6.47 Å². The molecule has 2 nitrogen and oxygen atoms in total. The number of carbonyl (C=O) groups is 1. The number of hydrogen-bond acceptors (Lipinski definition) is 2. The highest BCUT2D eigenvalue weighted by atomic mass is 16.5. The van der Waals surface area contributed by atoms with Gasteiger partial charge in [0.05, 0.1) is 0 Å². The Morgan fingerprint density at radius 3 is 2.54 bits per heavy atom. The maximum atomic E-state index is 10.1. The molecule has 0 aliphatic heterocycles. The Kier molecular flexibility index (Phi) is 2.71. The van der Waals surface area contributed by atoms with Gasteiger partial charge in [0, 0.05) is 0 Å². The van der Waals surface area contributed by atoms with Crippen molar-refractivity contribution in [2.24, 2.45) is 0 Å². The molecule has 0 unspecified atom stereocenters. The maximum absolute atomic E-state index is 10.1. The molecule has 0 saturated heterocycles. The number of rotatable bonds is 2. The summed E-state index contributed by atoms with van der Waals surface area (Å²) in [5.41, 5.74) is 1.24. The number of carbonyl (C=O) groups excluding carboxylic acids is 1. The van der Waals surface area contributed by atoms with E-state index in [9.17, 15) is 4.79 Å². The van der Waals surface area contributed by atoms with Gasteiger partial charge in [0.15, 0.2) is 0 Å². The molecule has 0 atom stereocenters. The largest absolute Gasteiger partial charge is 0.429 e. The molecule has 13 heavy (non-hydrogen) atoms. The first-order valence-corrected chi connectivity index (χ1v) is 4.25. The van der Waals surface area contributed by atoms with Crippen LogP contribution >= 0.6 is 0 Å². The van der Waals surface area contributed by atoms with E-state index in [1.807, 2.05) is 18.2 Å². The van der Waals surface area contributed by atoms with Crippen molar-refractivity contribution in [3.63, 3.8) is 0 Å². The summed E-state index contributed by atoms with van der Waals surface area (Å²) < 4.78 is 4.76. The van der Waals surface area contributed by atoms with E-state index < -0.39 is 0 Å². The van der Waals surface area contributed by atoms with E-state index in [-0.39, 0.29) is 5.41 Å². The third-order valence-electron chi connectivity index (χ3n) is 1.88. The van der Waals surface area contributed by atoms with Gasteiger partial charge in [-0.25, -0.2) is 0 Å². The van der Waals surface area contributed by atoms with Gasteiger partial charge in [0.25, 0.3) is 6.47 Å². The fourth-order valence-corrected chi connectivity index (χ4v) is 1.09. The molecule has 2 heteroatoms. The summed E-state index contributed by atoms with van der Waals surface area (Å²) in [5.74, 6) is 0.599. The number of benzene rings is 1. The van der Waals surface area contributed by atoms with E-state index in [0.717, 1.165) is 5.56 Å². The first kappa shape index (κ1) is 9.78. The van der Waals surface area contributed by atoms with Crippen molar-refractivity contribution in [3.8, 4) is 5.75 Å². The quantitative estimate of drug-likeness (QED) is 0.650. The van der Waals surface area contributed by atoms with Crippen LogP contribution in [0.4, 0.5) is 0 Å². The zero-order chi connectivity index (χ0) is 9.90. The van der Waals surface area contributed by atoms with Gasteiger partial charge in [-0.05, 0) is 23.1 Å². The highest BCUT2D eigenvalue weighted by Crippen LogP contribution is 2.25. The zero-order valence-electron chi connectivity index (χ0n) is 8.20. The maximum Gasteiger partial charge on any atom is 0.298 e. The van der Waals surface area contributed by atoms with Gasteiger partial charge in [-0.15, -0.1) is 0 Å². The summed E-state index contributed by atoms with van der Waals surface area (Å²) in [5, 5.41) is 0. The van der Waals surface area contributed by atoms with Crippen molar-refractivity contribution < 1.29 is 9.53 Å². The Labute approximate surface area is 78.5 Å². The highest BCUT2D eigenvalue weighted by Gasteiger charge is 2.13. The fourth-order valence-electron chi connectivity index (χ4n) is 1.09. The minimum atomic E-state index is 0.0856. The summed E-state index contributed by atoms with van der Waals surface area (Å²) in [4.78, 5) is 10.1. The SMILES string of the molecule is CC(C)(C)c1cccc(OC=O)c1. The molecule has 0 spiro atoms. The Morgan fingerprint density at radius 2 is 2.00 bits per heavy atom. The van der Waals surface area contributed by atoms with Crippen LogP contribution in [0.2, 0.25) is 0 Å². The van der Waals surface area contributed by atoms with E-state index in [1.54, 1.807) is 6.07 Å². The molecular formula is C11H14O2. The molecule has 1 aromatic carbocycles. The minimum Gasteiger partial charge on any atom is -0.429 e. The first-order chi connectivity index (χ1) is 6.04. The van der Waals surface area contributed by atoms with Crippen molar-refractivity contribution in [3.05, 3.63) is 29.8 Å². The molecule has 0 aromatic heterocycles. The lowest BCUT2D eigenvalue weighted by Gasteiger charge is -2.19. The molecule has 70 valence electrons. The third kappa shape index (κ3) is 2.58. The van der Waals surface area contributed by atoms with Crippen molar-refractivity contribution in [2.75, 3.05) is 0 Å². The van der Waals surface area contributed by atoms with Gasteiger partial charge >= 0.3 is 0 Å². The average Bonchev–Trinajstić information content (AvgIpc) is 2.04. The molecule has 1 aromatic rings. The molecule has 0 aliphatic carbocycles. The Hall–Kier alpha value is -1.31. The van der Waals surface area contributed by atoms with Crippen molar-refractivity contribution in [1.29, 1.82) is 0 Å². The molecule has 0 radical (unpaired) electrons. The van der Waals surface area contributed by atoms with Crippen LogP contribution in [0.3, 0.4) is 0 Å². The van der Waals surface area contributed by atoms with E-state index in [0.29, 0.717) is 12.2 Å². The molecule has 1 rings (SSSR count). The molecule has 0 bridgehead atoms. The van der Waals surface area contributed by atoms with Gasteiger partial charge in [-0.3, -0.25) is 4.79 Å². The molecule has 0 saturated carbocycles. The van der Waals surface area contributed by atoms with E-state index >= 15 is 0 Å². The summed E-state index contributed by atoms with van der Waals surface area (Å²) in [7, 11) is 0. The van der Waals surface area contributed by atoms with Gasteiger partial charge in [-0.1, -0.05) is 32.9 Å². The second-order valence-corrected chi connectivity index (χ2v) is 3.99. The second kappa shape index (κ2) is 3.60. The first-order valence-electron chi connectivity index (χ1n) is 4.25. The molecular weight excluding hydrogens is 164 g/mol. The van der Waals surface area contributed by atoms with Gasteiger partial charge in [0.2, 0.25) is 0 Å². The molecule has 0 N–H and O–H groups in total. The predicted octanol–water partition coefficient (Wildman–Crippen LogP) is 2.52. The lowest BCUT2D eigenvalue weighted by molar-refractivity contribution is -0.120. The molecule has 0 amide bonds. The lowest BCUT2D eigenvalue weighted by atomic mass is 9.87. The van der Waals surface area contributed by atoms with Gasteiger partial charge < -0.3 is 4.74 Å². The topological polar surface area (TPSA) is 26.3 Å². The summed E-state index contributed by atoms with van der Waals surface area (Å²) in [6.07, 6.45) is 0. The van der Waals surface area contributed by atoms with Crippen LogP contribution in [0.15, 0.2) is 24.3 Å². The van der Waals surface area contributed by atoms with Crippen LogP contribution in [0.1, 0.15) is 26.3 Å². The Morgan fingerprint density at radius 1 is 1.31 bits per heavy atom. The number of ether oxygens (including phenoxy) is 1. The van der Waals surface area contributed by atoms with Crippen LogP contribution in [0, 0.1) is 0 Å². The lowest BCUT2D eigenvalue weighted by Crippen LogP contribution is -2.10. The van der Waals surface area contributed by atoms with E-state index in [2.05, 4.69) is 20.8 Å². The number of hydrogen-bond donors (Lipinski definition) is 0. The molecule has 0 heterocycles. The van der Waals surface area contributed by atoms with Crippen molar-refractivity contribution in [1.82, 2.24) is 0 Å². The smallest absolute Gasteiger partial charge is 0.298 e. The van der Waals surface area contributed by atoms with Gasteiger partial charge in [-0.2, -0.15) is 0 Å². The zero-order valence-corrected chi connectivity index (χ0v) is 8.20. The van der Waals surface area contributed by atoms with Crippen LogP contribution in [0.25, 0.3) is 0 Å². The van der Waals surface area contributed by atoms with E-state index in [1.165, 1.54) is 0 Å². The van der Waals surface area contributed by atoms with E-state index in [4.69, 9.17) is 4.74 Å². The normalized spacial score (nSPS) is 11.0. The molecule has 0 fully saturated rings. The summed E-state index contributed by atoms with van der Waals surface area (Å²) in [6.45, 7) is 6.80. The highest BCUT2D eigenvalue weighted by molar-refractivity contribution is 5.46. The predicted molar refractivity (Wildman–Crippen MR) is 51.8 cm³/mol.